The van der Waals surface area contributed by atoms with E-state index in [2.05, 4.69) is 25.2 Å². The van der Waals surface area contributed by atoms with Gasteiger partial charge in [0.05, 0.1) is 19.0 Å². The average molecular weight is 429 g/mol. The number of aliphatic hydroxyl groups is 1. The van der Waals surface area contributed by atoms with Gasteiger partial charge in [-0.25, -0.2) is 15.0 Å². The number of morpholine rings is 1. The minimum Gasteiger partial charge on any atom is -0.394 e. The Morgan fingerprint density at radius 3 is 2.70 bits per heavy atom. The van der Waals surface area contributed by atoms with Crippen LogP contribution >= 0.6 is 11.6 Å². The van der Waals surface area contributed by atoms with Gasteiger partial charge < -0.3 is 15.2 Å². The number of halogens is 1. The molecule has 2 aromatic heterocycles. The molecule has 3 aromatic rings. The lowest BCUT2D eigenvalue weighted by molar-refractivity contribution is -0.135. The maximum Gasteiger partial charge on any atom is 0.167 e. The highest BCUT2D eigenvalue weighted by atomic mass is 35.5. The molecule has 158 valence electrons. The van der Waals surface area contributed by atoms with Crippen molar-refractivity contribution in [1.29, 1.82) is 0 Å². The van der Waals surface area contributed by atoms with Crippen molar-refractivity contribution in [2.45, 2.75) is 44.2 Å². The maximum atomic E-state index is 9.79. The summed E-state index contributed by atoms with van der Waals surface area (Å²) in [6.07, 6.45) is 6.34. The number of nitrogens with one attached hydrogen (secondary N) is 1. The van der Waals surface area contributed by atoms with Gasteiger partial charge in [0.2, 0.25) is 0 Å². The average Bonchev–Trinajstić information content (AvgIpc) is 3.17. The summed E-state index contributed by atoms with van der Waals surface area (Å²) in [5.41, 5.74) is 2.66. The second-order valence-electron chi connectivity index (χ2n) is 8.03. The summed E-state index contributed by atoms with van der Waals surface area (Å²) in [4.78, 5) is 15.7. The normalized spacial score (nSPS) is 22.9. The molecule has 0 radical (unpaired) electrons. The minimum atomic E-state index is -0.292. The molecule has 8 nitrogen and oxygen atoms in total. The van der Waals surface area contributed by atoms with Crippen LogP contribution in [0.4, 0.5) is 5.82 Å². The van der Waals surface area contributed by atoms with Crippen molar-refractivity contribution in [2.24, 2.45) is 0 Å². The van der Waals surface area contributed by atoms with Crippen LogP contribution in [0, 0.1) is 0 Å². The molecule has 0 unspecified atom stereocenters. The van der Waals surface area contributed by atoms with Gasteiger partial charge in [0.15, 0.2) is 17.0 Å². The van der Waals surface area contributed by atoms with Gasteiger partial charge in [-0.15, -0.1) is 0 Å². The van der Waals surface area contributed by atoms with Crippen LogP contribution in [0.2, 0.25) is 5.02 Å². The summed E-state index contributed by atoms with van der Waals surface area (Å²) in [6.45, 7) is 2.04. The second kappa shape index (κ2) is 8.47. The fourth-order valence-electron chi connectivity index (χ4n) is 4.04. The molecule has 1 saturated heterocycles. The Labute approximate surface area is 179 Å². The van der Waals surface area contributed by atoms with Crippen molar-refractivity contribution in [2.75, 3.05) is 25.0 Å². The SMILES string of the molecule is OC[C@@H]1CN(Cc2ccc(Cl)cc2)C[C@H](n2cnc3c(NC4CCC4)ncnc32)O1. The van der Waals surface area contributed by atoms with Crippen LogP contribution in [-0.4, -0.2) is 61.4 Å². The number of hydrogen-bond acceptors (Lipinski definition) is 7. The van der Waals surface area contributed by atoms with Gasteiger partial charge in [0.1, 0.15) is 12.6 Å². The zero-order chi connectivity index (χ0) is 20.5. The fraction of sp³-hybridized carbons (Fsp3) is 0.476. The Morgan fingerprint density at radius 2 is 1.97 bits per heavy atom. The van der Waals surface area contributed by atoms with Crippen LogP contribution in [-0.2, 0) is 11.3 Å². The number of fused-ring (bicyclic) bond motifs is 1. The first-order valence-corrected chi connectivity index (χ1v) is 10.7. The summed E-state index contributed by atoms with van der Waals surface area (Å²) in [6, 6.07) is 8.32. The Bertz CT molecular complexity index is 1010. The molecule has 3 heterocycles. The van der Waals surface area contributed by atoms with Gasteiger partial charge in [-0.1, -0.05) is 23.7 Å². The Kier molecular flexibility index (Phi) is 5.56. The molecule has 0 bridgehead atoms. The molecular formula is C21H25ClN6O2. The third-order valence-corrected chi connectivity index (χ3v) is 6.12. The fourth-order valence-corrected chi connectivity index (χ4v) is 4.16. The minimum absolute atomic E-state index is 0.0380. The van der Waals surface area contributed by atoms with E-state index in [1.54, 1.807) is 12.7 Å². The van der Waals surface area contributed by atoms with Crippen LogP contribution in [0.1, 0.15) is 31.1 Å². The number of anilines is 1. The lowest BCUT2D eigenvalue weighted by atomic mass is 9.93. The summed E-state index contributed by atoms with van der Waals surface area (Å²) < 4.78 is 8.10. The number of aromatic nitrogens is 4. The first-order chi connectivity index (χ1) is 14.7. The molecule has 9 heteroatoms. The molecule has 30 heavy (non-hydrogen) atoms. The molecule has 0 amide bonds. The molecule has 1 aliphatic carbocycles. The molecule has 2 aliphatic rings. The van der Waals surface area contributed by atoms with Crippen molar-refractivity contribution in [3.05, 3.63) is 47.5 Å². The van der Waals surface area contributed by atoms with Gasteiger partial charge in [0.25, 0.3) is 0 Å². The standard InChI is InChI=1S/C21H25ClN6O2/c22-15-6-4-14(5-7-15)8-27-9-17(11-29)30-18(10-27)28-13-25-19-20(23-12-24-21(19)28)26-16-2-1-3-16/h4-7,12-13,16-18,29H,1-3,8-11H2,(H,23,24,26)/t17-,18+/m0/s1. The molecule has 2 fully saturated rings. The lowest BCUT2D eigenvalue weighted by Crippen LogP contribution is -2.46. The summed E-state index contributed by atoms with van der Waals surface area (Å²) in [5.74, 6) is 0.774. The van der Waals surface area contributed by atoms with Crippen molar-refractivity contribution in [3.63, 3.8) is 0 Å². The van der Waals surface area contributed by atoms with Crippen LogP contribution in [0.5, 0.6) is 0 Å². The van der Waals surface area contributed by atoms with E-state index in [4.69, 9.17) is 16.3 Å². The van der Waals surface area contributed by atoms with Crippen LogP contribution in [0.25, 0.3) is 11.2 Å². The largest absolute Gasteiger partial charge is 0.394 e. The predicted octanol–water partition coefficient (Wildman–Crippen LogP) is 2.84. The zero-order valence-electron chi connectivity index (χ0n) is 16.6. The zero-order valence-corrected chi connectivity index (χ0v) is 17.4. The maximum absolute atomic E-state index is 9.79. The van der Waals surface area contributed by atoms with Gasteiger partial charge >= 0.3 is 0 Å². The van der Waals surface area contributed by atoms with E-state index in [0.29, 0.717) is 19.1 Å². The quantitative estimate of drug-likeness (QED) is 0.624. The Hall–Kier alpha value is -2.26. The molecule has 1 aliphatic heterocycles. The molecule has 5 rings (SSSR count). The van der Waals surface area contributed by atoms with Gasteiger partial charge in [-0.3, -0.25) is 9.47 Å². The van der Waals surface area contributed by atoms with Crippen molar-refractivity contribution < 1.29 is 9.84 Å². The monoisotopic (exact) mass is 428 g/mol. The number of rotatable bonds is 6. The number of hydrogen-bond donors (Lipinski definition) is 2. The van der Waals surface area contributed by atoms with E-state index >= 15 is 0 Å². The molecule has 0 spiro atoms. The highest BCUT2D eigenvalue weighted by Gasteiger charge is 2.30. The van der Waals surface area contributed by atoms with Crippen LogP contribution < -0.4 is 5.32 Å². The summed E-state index contributed by atoms with van der Waals surface area (Å²) in [5, 5.41) is 14.0. The highest BCUT2D eigenvalue weighted by molar-refractivity contribution is 6.30. The van der Waals surface area contributed by atoms with E-state index in [1.165, 1.54) is 12.0 Å². The summed E-state index contributed by atoms with van der Waals surface area (Å²) in [7, 11) is 0. The van der Waals surface area contributed by atoms with Gasteiger partial charge in [-0.2, -0.15) is 0 Å². The smallest absolute Gasteiger partial charge is 0.167 e. The highest BCUT2D eigenvalue weighted by Crippen LogP contribution is 2.29. The Morgan fingerprint density at radius 1 is 1.13 bits per heavy atom. The van der Waals surface area contributed by atoms with Gasteiger partial charge in [0, 0.05) is 30.7 Å². The van der Waals surface area contributed by atoms with Gasteiger partial charge in [-0.05, 0) is 37.0 Å². The van der Waals surface area contributed by atoms with E-state index in [0.717, 1.165) is 41.4 Å². The van der Waals surface area contributed by atoms with E-state index in [1.807, 2.05) is 28.8 Å². The predicted molar refractivity (Wildman–Crippen MR) is 114 cm³/mol. The molecular weight excluding hydrogens is 404 g/mol. The number of ether oxygens (including phenoxy) is 1. The third kappa shape index (κ3) is 4.00. The van der Waals surface area contributed by atoms with Crippen molar-refractivity contribution in [1.82, 2.24) is 24.4 Å². The van der Waals surface area contributed by atoms with E-state index < -0.39 is 0 Å². The summed E-state index contributed by atoms with van der Waals surface area (Å²) >= 11 is 6.01. The number of nitrogens with zero attached hydrogens (tertiary/aromatic N) is 5. The van der Waals surface area contributed by atoms with E-state index in [9.17, 15) is 5.11 Å². The molecule has 1 aromatic carbocycles. The number of benzene rings is 1. The van der Waals surface area contributed by atoms with Crippen LogP contribution in [0.3, 0.4) is 0 Å². The third-order valence-electron chi connectivity index (χ3n) is 5.86. The van der Waals surface area contributed by atoms with Crippen LogP contribution in [0.15, 0.2) is 36.9 Å². The number of imidazole rings is 1. The number of aliphatic hydroxyl groups excluding tert-OH is 1. The molecule has 2 N–H and O–H groups in total. The Balaban J connectivity index is 1.38. The molecule has 2 atom stereocenters. The second-order valence-corrected chi connectivity index (χ2v) is 8.47. The first-order valence-electron chi connectivity index (χ1n) is 10.4. The lowest BCUT2D eigenvalue weighted by Gasteiger charge is -2.38. The van der Waals surface area contributed by atoms with Crippen molar-refractivity contribution in [3.8, 4) is 0 Å². The first kappa shape index (κ1) is 19.7. The van der Waals surface area contributed by atoms with E-state index in [-0.39, 0.29) is 18.9 Å². The topological polar surface area (TPSA) is 88.3 Å². The molecule has 1 saturated carbocycles. The van der Waals surface area contributed by atoms with Crippen molar-refractivity contribution >= 4 is 28.6 Å².